The first kappa shape index (κ1) is 14.3. The van der Waals surface area contributed by atoms with Crippen LogP contribution in [-0.4, -0.2) is 10.5 Å². The van der Waals surface area contributed by atoms with Crippen LogP contribution in [0.4, 0.5) is 0 Å². The monoisotopic (exact) mass is 300 g/mol. The second-order valence-electron chi connectivity index (χ2n) is 5.61. The Hall–Kier alpha value is -1.68. The quantitative estimate of drug-likeness (QED) is 0.789. The second-order valence-corrected chi connectivity index (χ2v) is 6.62. The highest BCUT2D eigenvalue weighted by Gasteiger charge is 2.18. The molecular weight excluding hydrogens is 280 g/mol. The Bertz CT molecular complexity index is 720. The molecule has 0 radical (unpaired) electrons. The third-order valence-corrected chi connectivity index (χ3v) is 5.12. The zero-order valence-electron chi connectivity index (χ0n) is 12.1. The number of fused-ring (bicyclic) bond motifs is 1. The Morgan fingerprint density at radius 1 is 1.38 bits per heavy atom. The summed E-state index contributed by atoms with van der Waals surface area (Å²) in [5.74, 6) is 0.565. The van der Waals surface area contributed by atoms with E-state index >= 15 is 0 Å². The molecule has 0 spiro atoms. The van der Waals surface area contributed by atoms with Gasteiger partial charge in [-0.05, 0) is 30.9 Å². The lowest BCUT2D eigenvalue weighted by Gasteiger charge is -2.04. The Morgan fingerprint density at radius 2 is 2.14 bits per heavy atom. The molecule has 1 aromatic carbocycles. The van der Waals surface area contributed by atoms with E-state index < -0.39 is 0 Å². The van der Waals surface area contributed by atoms with Gasteiger partial charge in [-0.15, -0.1) is 6.58 Å². The zero-order valence-corrected chi connectivity index (χ0v) is 12.9. The summed E-state index contributed by atoms with van der Waals surface area (Å²) in [4.78, 5) is 17.4. The van der Waals surface area contributed by atoms with Crippen molar-refractivity contribution < 1.29 is 4.79 Å². The van der Waals surface area contributed by atoms with Gasteiger partial charge < -0.3 is 4.57 Å². The molecule has 0 saturated heterocycles. The molecule has 2 aromatic rings. The predicted molar refractivity (Wildman–Crippen MR) is 87.2 cm³/mol. The number of carbonyl (C=O) groups is 1. The molecule has 21 heavy (non-hydrogen) atoms. The lowest BCUT2D eigenvalue weighted by atomic mass is 10.0. The van der Waals surface area contributed by atoms with E-state index in [1.807, 2.05) is 18.2 Å². The Morgan fingerprint density at radius 3 is 2.90 bits per heavy atom. The molecule has 3 rings (SSSR count). The van der Waals surface area contributed by atoms with Crippen molar-refractivity contribution in [3.8, 4) is 0 Å². The van der Waals surface area contributed by atoms with Gasteiger partial charge in [0.1, 0.15) is 0 Å². The molecule has 1 aliphatic rings. The normalized spacial score (nSPS) is 16.7. The molecule has 4 heteroatoms. The molecule has 1 heterocycles. The maximum atomic E-state index is 12.2. The summed E-state index contributed by atoms with van der Waals surface area (Å²) in [5, 5.41) is 0. The van der Waals surface area contributed by atoms with Crippen molar-refractivity contribution in [3.05, 3.63) is 41.7 Å². The number of allylic oxidation sites excluding steroid dienone is 1. The van der Waals surface area contributed by atoms with Crippen molar-refractivity contribution >= 4 is 27.5 Å². The van der Waals surface area contributed by atoms with Gasteiger partial charge in [0, 0.05) is 13.0 Å². The van der Waals surface area contributed by atoms with Gasteiger partial charge in [-0.3, -0.25) is 4.79 Å². The van der Waals surface area contributed by atoms with Crippen LogP contribution < -0.4 is 4.80 Å². The van der Waals surface area contributed by atoms with Crippen LogP contribution in [0.1, 0.15) is 32.1 Å². The van der Waals surface area contributed by atoms with Crippen LogP contribution in [0.25, 0.3) is 10.2 Å². The van der Waals surface area contributed by atoms with Crippen molar-refractivity contribution in [2.24, 2.45) is 10.9 Å². The Labute approximate surface area is 128 Å². The zero-order chi connectivity index (χ0) is 14.7. The van der Waals surface area contributed by atoms with Crippen molar-refractivity contribution in [2.75, 3.05) is 0 Å². The van der Waals surface area contributed by atoms with Crippen LogP contribution in [-0.2, 0) is 11.3 Å². The molecule has 0 unspecified atom stereocenters. The molecule has 1 aliphatic carbocycles. The largest absolute Gasteiger partial charge is 0.313 e. The van der Waals surface area contributed by atoms with Gasteiger partial charge in [0.25, 0.3) is 0 Å². The number of para-hydroxylation sites is 1. The highest BCUT2D eigenvalue weighted by molar-refractivity contribution is 7.16. The minimum Gasteiger partial charge on any atom is -0.313 e. The highest BCUT2D eigenvalue weighted by atomic mass is 32.1. The van der Waals surface area contributed by atoms with E-state index in [0.717, 1.165) is 15.0 Å². The smallest absolute Gasteiger partial charge is 0.248 e. The number of aromatic nitrogens is 1. The maximum Gasteiger partial charge on any atom is 0.248 e. The van der Waals surface area contributed by atoms with Gasteiger partial charge in [-0.2, -0.15) is 4.99 Å². The van der Waals surface area contributed by atoms with Gasteiger partial charge in [0.05, 0.1) is 10.2 Å². The van der Waals surface area contributed by atoms with Crippen LogP contribution >= 0.6 is 11.3 Å². The molecule has 1 amide bonds. The summed E-state index contributed by atoms with van der Waals surface area (Å²) in [6.45, 7) is 4.48. The van der Waals surface area contributed by atoms with E-state index in [1.165, 1.54) is 25.7 Å². The summed E-state index contributed by atoms with van der Waals surface area (Å²) >= 11 is 1.58. The topological polar surface area (TPSA) is 34.4 Å². The number of rotatable bonds is 4. The summed E-state index contributed by atoms with van der Waals surface area (Å²) in [6, 6.07) is 8.16. The van der Waals surface area contributed by atoms with Crippen LogP contribution in [0.5, 0.6) is 0 Å². The molecule has 0 atom stereocenters. The van der Waals surface area contributed by atoms with E-state index in [4.69, 9.17) is 0 Å². The van der Waals surface area contributed by atoms with Crippen LogP contribution in [0.2, 0.25) is 0 Å². The number of benzene rings is 1. The number of nitrogens with zero attached hydrogens (tertiary/aromatic N) is 2. The molecule has 0 aliphatic heterocycles. The average Bonchev–Trinajstić information content (AvgIpc) is 3.08. The summed E-state index contributed by atoms with van der Waals surface area (Å²) in [6.07, 6.45) is 7.33. The number of thiazole rings is 1. The third kappa shape index (κ3) is 3.16. The molecule has 1 aromatic heterocycles. The average molecular weight is 300 g/mol. The lowest BCUT2D eigenvalue weighted by molar-refractivity contribution is -0.118. The van der Waals surface area contributed by atoms with Crippen molar-refractivity contribution in [1.82, 2.24) is 4.57 Å². The number of carbonyl (C=O) groups excluding carboxylic acids is 1. The first-order valence-electron chi connectivity index (χ1n) is 7.55. The SMILES string of the molecule is C=CCn1c(=NC(=O)CC2CCCC2)sc2ccccc21. The van der Waals surface area contributed by atoms with E-state index in [1.54, 1.807) is 11.3 Å². The summed E-state index contributed by atoms with van der Waals surface area (Å²) < 4.78 is 3.23. The number of hydrogen-bond donors (Lipinski definition) is 0. The first-order valence-corrected chi connectivity index (χ1v) is 8.36. The van der Waals surface area contributed by atoms with Crippen molar-refractivity contribution in [1.29, 1.82) is 0 Å². The molecular formula is C17H20N2OS. The minimum absolute atomic E-state index is 0.0197. The van der Waals surface area contributed by atoms with Crippen LogP contribution in [0, 0.1) is 5.92 Å². The summed E-state index contributed by atoms with van der Waals surface area (Å²) in [7, 11) is 0. The summed E-state index contributed by atoms with van der Waals surface area (Å²) in [5.41, 5.74) is 1.12. The standard InChI is InChI=1S/C17H20N2OS/c1-2-11-19-14-9-5-6-10-15(14)21-17(19)18-16(20)12-13-7-3-4-8-13/h2,5-6,9-10,13H,1,3-4,7-8,11-12H2. The van der Waals surface area contributed by atoms with E-state index in [9.17, 15) is 4.79 Å². The van der Waals surface area contributed by atoms with Crippen LogP contribution in [0.3, 0.4) is 0 Å². The van der Waals surface area contributed by atoms with Gasteiger partial charge in [-0.25, -0.2) is 0 Å². The Balaban J connectivity index is 1.94. The minimum atomic E-state index is 0.0197. The fourth-order valence-corrected chi connectivity index (χ4v) is 4.08. The first-order chi connectivity index (χ1) is 10.3. The number of hydrogen-bond acceptors (Lipinski definition) is 2. The third-order valence-electron chi connectivity index (χ3n) is 4.06. The van der Waals surface area contributed by atoms with Gasteiger partial charge >= 0.3 is 0 Å². The Kier molecular flexibility index (Phi) is 4.34. The van der Waals surface area contributed by atoms with Gasteiger partial charge in [-0.1, -0.05) is 42.4 Å². The molecule has 1 fully saturated rings. The van der Waals surface area contributed by atoms with E-state index in [0.29, 0.717) is 18.9 Å². The molecule has 3 nitrogen and oxygen atoms in total. The van der Waals surface area contributed by atoms with Crippen LogP contribution in [0.15, 0.2) is 41.9 Å². The van der Waals surface area contributed by atoms with E-state index in [-0.39, 0.29) is 5.91 Å². The molecule has 0 bridgehead atoms. The second kappa shape index (κ2) is 6.39. The maximum absolute atomic E-state index is 12.2. The van der Waals surface area contributed by atoms with Gasteiger partial charge in [0.15, 0.2) is 4.80 Å². The van der Waals surface area contributed by atoms with Crippen molar-refractivity contribution in [2.45, 2.75) is 38.6 Å². The fraction of sp³-hybridized carbons (Fsp3) is 0.412. The predicted octanol–water partition coefficient (Wildman–Crippen LogP) is 3.90. The van der Waals surface area contributed by atoms with Gasteiger partial charge in [0.2, 0.25) is 5.91 Å². The van der Waals surface area contributed by atoms with E-state index in [2.05, 4.69) is 28.3 Å². The number of amides is 1. The fourth-order valence-electron chi connectivity index (χ4n) is 3.03. The molecule has 1 saturated carbocycles. The molecule has 110 valence electrons. The van der Waals surface area contributed by atoms with Crippen molar-refractivity contribution in [3.63, 3.8) is 0 Å². The molecule has 0 N–H and O–H groups in total. The lowest BCUT2D eigenvalue weighted by Crippen LogP contribution is -2.17. The highest BCUT2D eigenvalue weighted by Crippen LogP contribution is 2.27.